The van der Waals surface area contributed by atoms with Crippen LogP contribution in [-0.2, 0) is 6.42 Å². The van der Waals surface area contributed by atoms with E-state index in [1.807, 2.05) is 0 Å². The van der Waals surface area contributed by atoms with Crippen molar-refractivity contribution < 1.29 is 0 Å². The highest BCUT2D eigenvalue weighted by Gasteiger charge is 2.28. The van der Waals surface area contributed by atoms with Gasteiger partial charge in [0.2, 0.25) is 0 Å². The van der Waals surface area contributed by atoms with Crippen LogP contribution in [0.25, 0.3) is 0 Å². The van der Waals surface area contributed by atoms with Crippen LogP contribution in [0, 0.1) is 6.92 Å². The highest BCUT2D eigenvalue weighted by molar-refractivity contribution is 7.09. The fraction of sp³-hybridized carbons (Fsp3) is 0.750. The van der Waals surface area contributed by atoms with E-state index in [0.29, 0.717) is 0 Å². The molecule has 2 heterocycles. The molecule has 1 aliphatic rings. The van der Waals surface area contributed by atoms with Crippen molar-refractivity contribution in [3.05, 3.63) is 16.1 Å². The van der Waals surface area contributed by atoms with Crippen molar-refractivity contribution in [3.8, 4) is 0 Å². The van der Waals surface area contributed by atoms with Crippen LogP contribution in [0.2, 0.25) is 0 Å². The molecule has 0 aromatic carbocycles. The molecule has 0 atom stereocenters. The molecule has 1 saturated heterocycles. The largest absolute Gasteiger partial charge is 0.314 e. The van der Waals surface area contributed by atoms with Gasteiger partial charge in [-0.25, -0.2) is 4.98 Å². The third-order valence-electron chi connectivity index (χ3n) is 3.25. The first kappa shape index (κ1) is 12.0. The second-order valence-corrected chi connectivity index (χ2v) is 6.15. The average Bonchev–Trinajstić information content (AvgIpc) is 2.64. The van der Waals surface area contributed by atoms with Crippen LogP contribution >= 0.6 is 11.3 Å². The molecule has 90 valence electrons. The topological polar surface area (TPSA) is 28.2 Å². The van der Waals surface area contributed by atoms with E-state index in [4.69, 9.17) is 0 Å². The van der Waals surface area contributed by atoms with Crippen LogP contribution in [0.3, 0.4) is 0 Å². The van der Waals surface area contributed by atoms with Gasteiger partial charge < -0.3 is 5.32 Å². The third-order valence-corrected chi connectivity index (χ3v) is 4.08. The predicted molar refractivity (Wildman–Crippen MR) is 69.1 cm³/mol. The smallest absolute Gasteiger partial charge is 0.0897 e. The van der Waals surface area contributed by atoms with E-state index in [2.05, 4.69) is 41.4 Å². The first-order valence-corrected chi connectivity index (χ1v) is 6.83. The number of aromatic nitrogens is 1. The molecule has 16 heavy (non-hydrogen) atoms. The summed E-state index contributed by atoms with van der Waals surface area (Å²) in [6.07, 6.45) is 1.05. The molecule has 4 heteroatoms. The summed E-state index contributed by atoms with van der Waals surface area (Å²) >= 11 is 1.75. The molecule has 1 fully saturated rings. The molecule has 2 rings (SSSR count). The Balaban J connectivity index is 2.00. The molecule has 0 amide bonds. The van der Waals surface area contributed by atoms with Gasteiger partial charge in [0.15, 0.2) is 0 Å². The van der Waals surface area contributed by atoms with Gasteiger partial charge in [-0.3, -0.25) is 4.90 Å². The Labute approximate surface area is 102 Å². The molecule has 0 aliphatic carbocycles. The van der Waals surface area contributed by atoms with Crippen molar-refractivity contribution in [1.82, 2.24) is 15.2 Å². The standard InChI is InChI=1S/C12H21N3S/c1-10-14-11(9-16-10)8-12(2,3)15-6-4-13-5-7-15/h9,13H,4-8H2,1-3H3. The number of hydrogen-bond donors (Lipinski definition) is 1. The van der Waals surface area contributed by atoms with E-state index in [-0.39, 0.29) is 5.54 Å². The zero-order valence-corrected chi connectivity index (χ0v) is 11.2. The Morgan fingerprint density at radius 2 is 2.12 bits per heavy atom. The van der Waals surface area contributed by atoms with Crippen LogP contribution in [0.5, 0.6) is 0 Å². The number of nitrogens with one attached hydrogen (secondary N) is 1. The van der Waals surface area contributed by atoms with Crippen molar-refractivity contribution in [1.29, 1.82) is 0 Å². The number of rotatable bonds is 3. The lowest BCUT2D eigenvalue weighted by Crippen LogP contribution is -2.54. The van der Waals surface area contributed by atoms with Gasteiger partial charge in [-0.05, 0) is 20.8 Å². The van der Waals surface area contributed by atoms with Crippen molar-refractivity contribution in [2.45, 2.75) is 32.7 Å². The maximum absolute atomic E-state index is 4.57. The number of nitrogens with zero attached hydrogens (tertiary/aromatic N) is 2. The molecule has 0 radical (unpaired) electrons. The monoisotopic (exact) mass is 239 g/mol. The van der Waals surface area contributed by atoms with Gasteiger partial charge >= 0.3 is 0 Å². The minimum absolute atomic E-state index is 0.225. The van der Waals surface area contributed by atoms with Gasteiger partial charge in [-0.1, -0.05) is 0 Å². The van der Waals surface area contributed by atoms with E-state index in [9.17, 15) is 0 Å². The summed E-state index contributed by atoms with van der Waals surface area (Å²) < 4.78 is 0. The van der Waals surface area contributed by atoms with Crippen molar-refractivity contribution in [2.24, 2.45) is 0 Å². The summed E-state index contributed by atoms with van der Waals surface area (Å²) in [6, 6.07) is 0. The van der Waals surface area contributed by atoms with Crippen LogP contribution in [-0.4, -0.2) is 41.6 Å². The summed E-state index contributed by atoms with van der Waals surface area (Å²) in [5.41, 5.74) is 1.47. The molecule has 1 aromatic heterocycles. The number of aryl methyl sites for hydroxylation is 1. The zero-order valence-electron chi connectivity index (χ0n) is 10.4. The van der Waals surface area contributed by atoms with Gasteiger partial charge in [0, 0.05) is 43.5 Å². The third kappa shape index (κ3) is 2.81. The Bertz CT molecular complexity index is 340. The predicted octanol–water partition coefficient (Wildman–Crippen LogP) is 1.68. The van der Waals surface area contributed by atoms with E-state index >= 15 is 0 Å². The van der Waals surface area contributed by atoms with Gasteiger partial charge in [-0.15, -0.1) is 11.3 Å². The maximum atomic E-state index is 4.57. The Morgan fingerprint density at radius 1 is 1.44 bits per heavy atom. The van der Waals surface area contributed by atoms with Gasteiger partial charge in [0.1, 0.15) is 0 Å². The average molecular weight is 239 g/mol. The Kier molecular flexibility index (Phi) is 3.62. The van der Waals surface area contributed by atoms with Crippen LogP contribution < -0.4 is 5.32 Å². The zero-order chi connectivity index (χ0) is 11.6. The Hall–Kier alpha value is -0.450. The fourth-order valence-electron chi connectivity index (χ4n) is 2.31. The molecule has 1 N–H and O–H groups in total. The van der Waals surface area contributed by atoms with E-state index < -0.39 is 0 Å². The van der Waals surface area contributed by atoms with Crippen LogP contribution in [0.1, 0.15) is 24.5 Å². The quantitative estimate of drug-likeness (QED) is 0.870. The first-order chi connectivity index (χ1) is 7.58. The molecule has 0 bridgehead atoms. The second-order valence-electron chi connectivity index (χ2n) is 5.08. The summed E-state index contributed by atoms with van der Waals surface area (Å²) in [5.74, 6) is 0. The van der Waals surface area contributed by atoms with Crippen molar-refractivity contribution in [3.63, 3.8) is 0 Å². The van der Waals surface area contributed by atoms with Crippen molar-refractivity contribution in [2.75, 3.05) is 26.2 Å². The molecule has 1 aliphatic heterocycles. The number of thiazole rings is 1. The minimum Gasteiger partial charge on any atom is -0.314 e. The molecule has 3 nitrogen and oxygen atoms in total. The molecular formula is C12H21N3S. The molecule has 0 unspecified atom stereocenters. The summed E-state index contributed by atoms with van der Waals surface area (Å²) in [6.45, 7) is 11.2. The maximum Gasteiger partial charge on any atom is 0.0897 e. The lowest BCUT2D eigenvalue weighted by atomic mass is 9.95. The van der Waals surface area contributed by atoms with Crippen LogP contribution in [0.15, 0.2) is 5.38 Å². The van der Waals surface area contributed by atoms with E-state index in [1.165, 1.54) is 10.7 Å². The summed E-state index contributed by atoms with van der Waals surface area (Å²) in [5, 5.41) is 6.77. The van der Waals surface area contributed by atoms with E-state index in [0.717, 1.165) is 32.6 Å². The van der Waals surface area contributed by atoms with Gasteiger partial charge in [0.25, 0.3) is 0 Å². The first-order valence-electron chi connectivity index (χ1n) is 5.95. The lowest BCUT2D eigenvalue weighted by molar-refractivity contribution is 0.103. The highest BCUT2D eigenvalue weighted by atomic mass is 32.1. The molecule has 0 saturated carbocycles. The lowest BCUT2D eigenvalue weighted by Gasteiger charge is -2.41. The molecular weight excluding hydrogens is 218 g/mol. The highest BCUT2D eigenvalue weighted by Crippen LogP contribution is 2.21. The SMILES string of the molecule is Cc1nc(CC(C)(C)N2CCNCC2)cs1. The fourth-order valence-corrected chi connectivity index (χ4v) is 2.93. The van der Waals surface area contributed by atoms with Gasteiger partial charge in [-0.2, -0.15) is 0 Å². The Morgan fingerprint density at radius 3 is 2.69 bits per heavy atom. The number of piperazine rings is 1. The minimum atomic E-state index is 0.225. The summed E-state index contributed by atoms with van der Waals surface area (Å²) in [4.78, 5) is 7.13. The van der Waals surface area contributed by atoms with Crippen molar-refractivity contribution >= 4 is 11.3 Å². The van der Waals surface area contributed by atoms with E-state index in [1.54, 1.807) is 11.3 Å². The number of hydrogen-bond acceptors (Lipinski definition) is 4. The van der Waals surface area contributed by atoms with Crippen LogP contribution in [0.4, 0.5) is 0 Å². The molecule has 1 aromatic rings. The van der Waals surface area contributed by atoms with Gasteiger partial charge in [0.05, 0.1) is 10.7 Å². The molecule has 0 spiro atoms. The normalized spacial score (nSPS) is 18.9. The summed E-state index contributed by atoms with van der Waals surface area (Å²) in [7, 11) is 0. The second kappa shape index (κ2) is 4.82.